The Labute approximate surface area is 72.7 Å². The van der Waals surface area contributed by atoms with Crippen LogP contribution < -0.4 is 11.0 Å². The van der Waals surface area contributed by atoms with Gasteiger partial charge in [-0.1, -0.05) is 25.4 Å². The molecule has 6 heteroatoms. The maximum absolute atomic E-state index is 10.7. The van der Waals surface area contributed by atoms with Gasteiger partial charge in [0.05, 0.1) is 5.71 Å². The summed E-state index contributed by atoms with van der Waals surface area (Å²) < 4.78 is 15.1. The first-order valence-corrected chi connectivity index (χ1v) is 5.67. The summed E-state index contributed by atoms with van der Waals surface area (Å²) in [5.74, 6) is 0. The van der Waals surface area contributed by atoms with E-state index in [4.69, 9.17) is 11.0 Å². The van der Waals surface area contributed by atoms with Crippen molar-refractivity contribution in [3.8, 4) is 0 Å². The minimum absolute atomic E-state index is 0.758. The molecule has 0 aliphatic rings. The Balaban J connectivity index is 4.03. The number of hydrogen-bond acceptors (Lipinski definition) is 3. The zero-order valence-electron chi connectivity index (χ0n) is 7.49. The molecular weight excluding hydrogens is 177 g/mol. The highest BCUT2D eigenvalue weighted by Gasteiger charge is 2.08. The predicted octanol–water partition coefficient (Wildman–Crippen LogP) is 1.59. The quantitative estimate of drug-likeness (QED) is 0.394. The van der Waals surface area contributed by atoms with Crippen molar-refractivity contribution in [2.75, 3.05) is 0 Å². The fourth-order valence-electron chi connectivity index (χ4n) is 0.697. The van der Waals surface area contributed by atoms with Crippen LogP contribution in [0.15, 0.2) is 5.16 Å². The van der Waals surface area contributed by atoms with Gasteiger partial charge in [0, 0.05) is 0 Å². The smallest absolute Gasteiger partial charge is 0.312 e. The van der Waals surface area contributed by atoms with E-state index in [-0.39, 0.29) is 0 Å². The van der Waals surface area contributed by atoms with Gasteiger partial charge < -0.3 is 4.62 Å². The molecule has 0 aliphatic carbocycles. The number of nitrogens with zero attached hydrogens (tertiary/aromatic N) is 1. The van der Waals surface area contributed by atoms with Crippen molar-refractivity contribution in [2.24, 2.45) is 16.2 Å². The van der Waals surface area contributed by atoms with Gasteiger partial charge in [0.1, 0.15) is 0 Å². The molecule has 0 bridgehead atoms. The summed E-state index contributed by atoms with van der Waals surface area (Å²) in [6, 6.07) is 0. The van der Waals surface area contributed by atoms with Gasteiger partial charge in [-0.15, -0.1) is 0 Å². The molecule has 12 heavy (non-hydrogen) atoms. The third-order valence-electron chi connectivity index (χ3n) is 1.24. The maximum Gasteiger partial charge on any atom is 0.405 e. The van der Waals surface area contributed by atoms with Crippen molar-refractivity contribution >= 4 is 13.4 Å². The zero-order chi connectivity index (χ0) is 9.61. The van der Waals surface area contributed by atoms with Gasteiger partial charge in [-0.25, -0.2) is 15.6 Å². The molecule has 0 saturated heterocycles. The summed E-state index contributed by atoms with van der Waals surface area (Å²) >= 11 is 0. The van der Waals surface area contributed by atoms with Crippen molar-refractivity contribution < 1.29 is 9.19 Å². The molecule has 0 aromatic heterocycles. The Hall–Kier alpha value is -0.380. The second-order valence-electron chi connectivity index (χ2n) is 2.49. The van der Waals surface area contributed by atoms with Crippen molar-refractivity contribution in [3.63, 3.8) is 0 Å². The highest BCUT2D eigenvalue weighted by Crippen LogP contribution is 2.26. The summed E-state index contributed by atoms with van der Waals surface area (Å²) in [5, 5.41) is 3.61. The fourth-order valence-corrected chi connectivity index (χ4v) is 0.940. The lowest BCUT2D eigenvalue weighted by atomic mass is 10.2. The average Bonchev–Trinajstić information content (AvgIpc) is 1.96. The molecule has 0 amide bonds. The molecule has 0 radical (unpaired) electrons. The number of oxime groups is 1. The largest absolute Gasteiger partial charge is 0.405 e. The zero-order valence-corrected chi connectivity index (χ0v) is 8.38. The number of nitrogens with two attached hydrogens (primary N) is 2. The normalized spacial score (nSPS) is 13.2. The summed E-state index contributed by atoms with van der Waals surface area (Å²) in [7, 11) is -3.44. The standard InChI is InChI=1S/C6H16N3O2P/c1-3-5-6(4-2)9-11-12(7,8)10/h3-5H2,1-2H3,(H4,7,8,10). The third-order valence-corrected chi connectivity index (χ3v) is 1.58. The fraction of sp³-hybridized carbons (Fsp3) is 0.833. The molecule has 0 aliphatic heterocycles. The predicted molar refractivity (Wildman–Crippen MR) is 49.7 cm³/mol. The molecule has 0 aromatic rings. The first kappa shape index (κ1) is 11.6. The lowest BCUT2D eigenvalue weighted by molar-refractivity contribution is 0.332. The molecule has 4 N–H and O–H groups in total. The van der Waals surface area contributed by atoms with Crippen LogP contribution in [0.1, 0.15) is 33.1 Å². The van der Waals surface area contributed by atoms with Crippen molar-refractivity contribution in [2.45, 2.75) is 33.1 Å². The van der Waals surface area contributed by atoms with Gasteiger partial charge in [-0.05, 0) is 12.8 Å². The summed E-state index contributed by atoms with van der Waals surface area (Å²) in [6.07, 6.45) is 2.54. The molecule has 0 unspecified atom stereocenters. The van der Waals surface area contributed by atoms with Crippen molar-refractivity contribution in [3.05, 3.63) is 0 Å². The Morgan fingerprint density at radius 2 is 2.08 bits per heavy atom. The summed E-state index contributed by atoms with van der Waals surface area (Å²) in [4.78, 5) is 0. The monoisotopic (exact) mass is 193 g/mol. The lowest BCUT2D eigenvalue weighted by Gasteiger charge is -2.04. The van der Waals surface area contributed by atoms with Gasteiger partial charge in [0.25, 0.3) is 0 Å². The van der Waals surface area contributed by atoms with E-state index in [1.807, 2.05) is 13.8 Å². The van der Waals surface area contributed by atoms with Crippen LogP contribution in [0.25, 0.3) is 0 Å². The summed E-state index contributed by atoms with van der Waals surface area (Å²) in [6.45, 7) is 3.96. The second kappa shape index (κ2) is 5.30. The van der Waals surface area contributed by atoms with Gasteiger partial charge >= 0.3 is 7.67 Å². The molecule has 0 rings (SSSR count). The molecule has 0 saturated carbocycles. The van der Waals surface area contributed by atoms with E-state index in [0.29, 0.717) is 0 Å². The van der Waals surface area contributed by atoms with E-state index in [0.717, 1.165) is 25.0 Å². The molecule has 0 atom stereocenters. The number of hydrogen-bond donors (Lipinski definition) is 2. The first-order chi connectivity index (χ1) is 5.49. The van der Waals surface area contributed by atoms with E-state index in [1.54, 1.807) is 0 Å². The Bertz CT molecular complexity index is 199. The molecule has 5 nitrogen and oxygen atoms in total. The van der Waals surface area contributed by atoms with E-state index in [2.05, 4.69) is 9.78 Å². The maximum atomic E-state index is 10.7. The van der Waals surface area contributed by atoms with Crippen LogP contribution in [0.5, 0.6) is 0 Å². The summed E-state index contributed by atoms with van der Waals surface area (Å²) in [5.41, 5.74) is 10.7. The van der Waals surface area contributed by atoms with Gasteiger partial charge in [0.15, 0.2) is 0 Å². The van der Waals surface area contributed by atoms with Crippen LogP contribution in [0.4, 0.5) is 0 Å². The first-order valence-electron chi connectivity index (χ1n) is 3.91. The molecule has 0 heterocycles. The molecule has 0 fully saturated rings. The van der Waals surface area contributed by atoms with Crippen LogP contribution in [0.3, 0.4) is 0 Å². The van der Waals surface area contributed by atoms with Crippen LogP contribution in [-0.4, -0.2) is 5.71 Å². The van der Waals surface area contributed by atoms with Crippen molar-refractivity contribution in [1.82, 2.24) is 0 Å². The topological polar surface area (TPSA) is 90.7 Å². The Kier molecular flexibility index (Phi) is 5.13. The Morgan fingerprint density at radius 1 is 1.50 bits per heavy atom. The van der Waals surface area contributed by atoms with E-state index >= 15 is 0 Å². The highest BCUT2D eigenvalue weighted by atomic mass is 31.2. The SMILES string of the molecule is CCCC(CC)=NOP(N)(N)=O. The van der Waals surface area contributed by atoms with Crippen molar-refractivity contribution in [1.29, 1.82) is 0 Å². The van der Waals surface area contributed by atoms with Gasteiger partial charge in [-0.3, -0.25) is 0 Å². The van der Waals surface area contributed by atoms with Crippen LogP contribution >= 0.6 is 7.67 Å². The minimum Gasteiger partial charge on any atom is -0.312 e. The molecule has 72 valence electrons. The van der Waals surface area contributed by atoms with E-state index in [9.17, 15) is 4.57 Å². The lowest BCUT2D eigenvalue weighted by Crippen LogP contribution is -2.07. The van der Waals surface area contributed by atoms with Crippen LogP contribution in [0.2, 0.25) is 0 Å². The number of rotatable bonds is 5. The molecule has 0 spiro atoms. The van der Waals surface area contributed by atoms with Gasteiger partial charge in [0.2, 0.25) is 0 Å². The highest BCUT2D eigenvalue weighted by molar-refractivity contribution is 7.53. The molecule has 0 aromatic carbocycles. The van der Waals surface area contributed by atoms with E-state index < -0.39 is 7.67 Å². The van der Waals surface area contributed by atoms with Crippen LogP contribution in [-0.2, 0) is 9.19 Å². The molecular formula is C6H16N3O2P. The minimum atomic E-state index is -3.44. The average molecular weight is 193 g/mol. The van der Waals surface area contributed by atoms with Crippen LogP contribution in [0, 0.1) is 0 Å². The Morgan fingerprint density at radius 3 is 2.42 bits per heavy atom. The van der Waals surface area contributed by atoms with Gasteiger partial charge in [-0.2, -0.15) is 0 Å². The third kappa shape index (κ3) is 6.34. The second-order valence-corrected chi connectivity index (χ2v) is 3.94. The van der Waals surface area contributed by atoms with E-state index in [1.165, 1.54) is 0 Å².